The normalized spacial score (nSPS) is 12.1. The van der Waals surface area contributed by atoms with Crippen molar-refractivity contribution in [3.63, 3.8) is 0 Å². The third-order valence-corrected chi connectivity index (χ3v) is 20.5. The summed E-state index contributed by atoms with van der Waals surface area (Å²) in [6.45, 7) is 1.51. The molecule has 1 saturated heterocycles. The Morgan fingerprint density at radius 2 is 0.833 bits per heavy atom. The highest BCUT2D eigenvalue weighted by molar-refractivity contribution is 9.11. The standard InChI is InChI=1S/C21H14BrCl3N2O2.C15H11BrCl2O.C9H9BrClNO2.C8H5Br2ClO.C8H6BrClO.C7H4BrClO2.C7H4ClNO.C6H6ClN/c22-14-9-13(10-17(25)11-14)21(29)12-26(18-5-1-15(23)2-6-18)20(28)27(21)19-7-3-16(24)4-8-19;16-12-7-11(8-14(18)9-12)15(19)6-3-10-1-4-13(17)5-2-10;1-12(14-2)9(13)6-3-7(10)5-8(11)4-6;9-4-8(12)5-1-6(10)3-7(11)2-5;1-5(11)6-2-7(9)4-8(10)3-6;8-5-1-4(7(10)11)2-6(9)3-5;8-6-1-3-7(4-2-6)9-5-10;7-5-1-3-6(8)4-2-5/h1-11,29H,12H2;1-2,4-5,7-9H,3,6H2;3-5H,1-2H3;1-3H,4H2;2-4H,1H3;1-3H,(H,10,11);1-4H;1-4H,8H2. The van der Waals surface area contributed by atoms with Gasteiger partial charge < -0.3 is 15.9 Å². The second kappa shape index (κ2) is 49.6. The van der Waals surface area contributed by atoms with Crippen LogP contribution in [-0.4, -0.2) is 82.6 Å². The maximum atomic E-state index is 13.4. The van der Waals surface area contributed by atoms with Crippen LogP contribution < -0.4 is 15.5 Å². The summed E-state index contributed by atoms with van der Waals surface area (Å²) < 4.78 is 4.59. The summed E-state index contributed by atoms with van der Waals surface area (Å²) in [6.07, 6.45) is 2.58. The number of isocyanates is 1. The lowest BCUT2D eigenvalue weighted by Gasteiger charge is -2.32. The SMILES string of the molecule is CC(=O)c1cc(Cl)cc(Br)c1.CON(C)C(=O)c1cc(Cl)cc(Br)c1.Nc1ccc(Cl)cc1.O=C(CBr)c1cc(Cl)cc(Br)c1.O=C(CCc1ccc(Cl)cc1)c1cc(Cl)cc(Br)c1.O=C(O)c1cc(Cl)cc(Br)c1.O=C1N(c2ccc(Cl)cc2)CC(O)(c2cc(Cl)cc(Br)c2)N1c1ccc(Cl)cc1.O=C=Nc1ccc(Cl)cc1. The van der Waals surface area contributed by atoms with Crippen molar-refractivity contribution in [2.24, 2.45) is 4.99 Å². The molecule has 0 aliphatic carbocycles. The Labute approximate surface area is 771 Å². The Morgan fingerprint density at radius 1 is 0.482 bits per heavy atom. The first-order valence-corrected chi connectivity index (χ1v) is 42.2. The van der Waals surface area contributed by atoms with Gasteiger partial charge in [0.05, 0.1) is 30.2 Å². The van der Waals surface area contributed by atoms with Crippen molar-refractivity contribution in [1.82, 2.24) is 5.06 Å². The van der Waals surface area contributed by atoms with Crippen LogP contribution in [0.1, 0.15) is 76.3 Å². The van der Waals surface area contributed by atoms with Crippen LogP contribution in [-0.2, 0) is 21.8 Å². The highest BCUT2D eigenvalue weighted by Crippen LogP contribution is 2.42. The van der Waals surface area contributed by atoms with E-state index in [0.717, 1.165) is 39.2 Å². The number of amides is 3. The molecule has 3 amide bonds. The fourth-order valence-corrected chi connectivity index (χ4v) is 15.5. The molecule has 0 aromatic heterocycles. The number of hydrogen-bond acceptors (Lipinski definition) is 11. The molecule has 15 nitrogen and oxygen atoms in total. The van der Waals surface area contributed by atoms with Gasteiger partial charge >= 0.3 is 12.0 Å². The van der Waals surface area contributed by atoms with Crippen molar-refractivity contribution in [1.29, 1.82) is 0 Å². The fraction of sp³-hybridized carbons (Fsp3) is 0.0988. The van der Waals surface area contributed by atoms with Gasteiger partial charge in [0.25, 0.3) is 5.91 Å². The van der Waals surface area contributed by atoms with Crippen molar-refractivity contribution in [3.8, 4) is 0 Å². The van der Waals surface area contributed by atoms with Gasteiger partial charge in [-0.3, -0.25) is 33.8 Å². The number of nitrogens with zero attached hydrogens (tertiary/aromatic N) is 4. The largest absolute Gasteiger partial charge is 0.478 e. The van der Waals surface area contributed by atoms with Gasteiger partial charge in [-0.15, -0.1) is 0 Å². The van der Waals surface area contributed by atoms with Crippen LogP contribution in [0.3, 0.4) is 0 Å². The van der Waals surface area contributed by atoms with Gasteiger partial charge in [0.15, 0.2) is 23.1 Å². The number of benzene rings is 11. The van der Waals surface area contributed by atoms with E-state index in [0.29, 0.717) is 122 Å². The molecule has 1 aliphatic heterocycles. The second-order valence-corrected chi connectivity index (χ2v) is 34.0. The number of carboxylic acids is 1. The maximum absolute atomic E-state index is 13.4. The van der Waals surface area contributed by atoms with Crippen LogP contribution in [0.4, 0.5) is 27.5 Å². The Morgan fingerprint density at radius 3 is 1.23 bits per heavy atom. The minimum Gasteiger partial charge on any atom is -0.478 e. The van der Waals surface area contributed by atoms with Crippen LogP contribution in [0.2, 0.25) is 55.2 Å². The number of nitrogen functional groups attached to an aromatic ring is 1. The number of urea groups is 1. The number of aryl methyl sites for hydroxylation is 1. The number of β-amino-alcohol motifs (C(OH)–C–C–N with tert-alkyl or cyclic N) is 1. The van der Waals surface area contributed by atoms with Crippen molar-refractivity contribution >= 4 is 303 Å². The molecule has 114 heavy (non-hydrogen) atoms. The minimum absolute atomic E-state index is 0.00285. The quantitative estimate of drug-likeness (QED) is 0.0232. The maximum Gasteiger partial charge on any atom is 0.335 e. The smallest absolute Gasteiger partial charge is 0.335 e. The first-order chi connectivity index (χ1) is 53.8. The second-order valence-electron chi connectivity index (χ2n) is 23.1. The zero-order valence-electron chi connectivity index (χ0n) is 59.1. The lowest BCUT2D eigenvalue weighted by molar-refractivity contribution is -0.0757. The lowest BCUT2D eigenvalue weighted by atomic mass is 10.0. The van der Waals surface area contributed by atoms with Gasteiger partial charge in [-0.2, -0.15) is 4.99 Å². The topological polar surface area (TPSA) is 217 Å². The number of halogens is 18. The number of carbonyl (C=O) groups excluding carboxylic acids is 6. The predicted molar refractivity (Wildman–Crippen MR) is 490 cm³/mol. The molecule has 4 N–H and O–H groups in total. The van der Waals surface area contributed by atoms with E-state index in [1.165, 1.54) is 49.1 Å². The van der Waals surface area contributed by atoms with E-state index in [2.05, 4.69) is 117 Å². The molecule has 11 aromatic rings. The number of ketones is 3. The van der Waals surface area contributed by atoms with E-state index >= 15 is 0 Å². The number of Topliss-reactive ketones (excluding diaryl/α,β-unsaturated/α-hetero) is 3. The molecule has 1 atom stereocenters. The van der Waals surface area contributed by atoms with Gasteiger partial charge in [0.2, 0.25) is 6.08 Å². The van der Waals surface area contributed by atoms with E-state index in [1.54, 1.807) is 194 Å². The highest BCUT2D eigenvalue weighted by atomic mass is 79.9. The third-order valence-electron chi connectivity index (χ3n) is 14.7. The zero-order valence-corrected chi connectivity index (χ0v) is 78.5. The van der Waals surface area contributed by atoms with Crippen LogP contribution in [0.15, 0.2) is 262 Å². The number of hydrogen-bond donors (Lipinski definition) is 3. The number of aliphatic imine (C=N–C) groups is 1. The van der Waals surface area contributed by atoms with Crippen molar-refractivity contribution < 1.29 is 48.6 Å². The Hall–Kier alpha value is -5.71. The monoisotopic (exact) mass is 2200 g/mol. The fourth-order valence-electron chi connectivity index (χ4n) is 9.35. The molecule has 1 fully saturated rings. The molecule has 0 spiro atoms. The van der Waals surface area contributed by atoms with Crippen LogP contribution in [0.25, 0.3) is 0 Å². The number of alkyl halides is 1. The lowest BCUT2D eigenvalue weighted by Crippen LogP contribution is -2.44. The van der Waals surface area contributed by atoms with Crippen molar-refractivity contribution in [2.75, 3.05) is 41.6 Å². The number of rotatable bonds is 14. The molecule has 11 aromatic carbocycles. The van der Waals surface area contributed by atoms with Crippen molar-refractivity contribution in [2.45, 2.75) is 25.5 Å². The average molecular weight is 2210 g/mol. The number of nitrogens with two attached hydrogens (primary N) is 1. The number of aliphatic hydroxyl groups is 1. The summed E-state index contributed by atoms with van der Waals surface area (Å²) >= 11 is 86.7. The van der Waals surface area contributed by atoms with Crippen LogP contribution >= 0.6 is 239 Å². The Bertz CT molecular complexity index is 5000. The molecule has 1 aliphatic rings. The molecule has 594 valence electrons. The highest BCUT2D eigenvalue weighted by Gasteiger charge is 2.51. The van der Waals surface area contributed by atoms with E-state index in [9.17, 15) is 38.7 Å². The molecule has 0 saturated carbocycles. The molecule has 1 unspecified atom stereocenters. The first-order valence-electron chi connectivity index (χ1n) is 32.2. The summed E-state index contributed by atoms with van der Waals surface area (Å²) in [7, 11) is 2.97. The summed E-state index contributed by atoms with van der Waals surface area (Å²) in [5.74, 6) is -1.09. The molecular formula is C81H59Br7Cl11N5O10. The van der Waals surface area contributed by atoms with Gasteiger partial charge in [-0.25, -0.2) is 19.4 Å². The molecule has 33 heteroatoms. The third kappa shape index (κ3) is 34.3. The van der Waals surface area contributed by atoms with Gasteiger partial charge in [0.1, 0.15) is 0 Å². The van der Waals surface area contributed by atoms with E-state index < -0.39 is 11.7 Å². The molecule has 0 bridgehead atoms. The average Bonchev–Trinajstić information content (AvgIpc) is 1.58. The van der Waals surface area contributed by atoms with E-state index in [1.807, 2.05) is 24.3 Å². The number of carbonyl (C=O) groups is 6. The predicted octanol–water partition coefficient (Wildman–Crippen LogP) is 29.0. The molecular weight excluding hydrogens is 2150 g/mol. The van der Waals surface area contributed by atoms with Gasteiger partial charge in [-0.05, 0) is 237 Å². The number of carboxylic acid groups (broad SMARTS) is 1. The number of hydroxylamine groups is 2. The Kier molecular flexibility index (Phi) is 43.0. The summed E-state index contributed by atoms with van der Waals surface area (Å²) in [6, 6.07) is 64.5. The summed E-state index contributed by atoms with van der Waals surface area (Å²) in [4.78, 5) is 90.3. The number of anilines is 3. The summed E-state index contributed by atoms with van der Waals surface area (Å²) in [5, 5.41) is 28.0. The van der Waals surface area contributed by atoms with Gasteiger partial charge in [-0.1, -0.05) is 251 Å². The molecule has 0 radical (unpaired) electrons. The van der Waals surface area contributed by atoms with E-state index in [4.69, 9.17) is 143 Å². The summed E-state index contributed by atoms with van der Waals surface area (Å²) in [5.41, 5.74) is 10.3. The first kappa shape index (κ1) is 98.9. The number of aromatic carboxylic acids is 1. The minimum atomic E-state index is -1.65. The zero-order chi connectivity index (χ0) is 84.7. The molecule has 12 rings (SSSR count). The van der Waals surface area contributed by atoms with E-state index in [-0.39, 0.29) is 41.4 Å². The van der Waals surface area contributed by atoms with Crippen LogP contribution in [0.5, 0.6) is 0 Å². The van der Waals surface area contributed by atoms with Crippen molar-refractivity contribution in [3.05, 3.63) is 352 Å². The molecule has 1 heterocycles. The van der Waals surface area contributed by atoms with Crippen LogP contribution in [0, 0.1) is 0 Å². The Balaban J connectivity index is 0.000000242. The van der Waals surface area contributed by atoms with Gasteiger partial charge in [0, 0.05) is 140 Å².